The van der Waals surface area contributed by atoms with E-state index in [2.05, 4.69) is 10.4 Å². The smallest absolute Gasteiger partial charge is 0.292 e. The fourth-order valence-corrected chi connectivity index (χ4v) is 2.40. The first-order chi connectivity index (χ1) is 10.9. The van der Waals surface area contributed by atoms with E-state index in [0.717, 1.165) is 5.56 Å². The first-order valence-electron chi connectivity index (χ1n) is 7.19. The highest BCUT2D eigenvalue weighted by Gasteiger charge is 2.19. The lowest BCUT2D eigenvalue weighted by atomic mass is 10.1. The summed E-state index contributed by atoms with van der Waals surface area (Å²) in [5.74, 6) is 0. The molecule has 1 aromatic heterocycles. The first kappa shape index (κ1) is 16.9. The van der Waals surface area contributed by atoms with Crippen LogP contribution in [0.3, 0.4) is 0 Å². The van der Waals surface area contributed by atoms with Crippen LogP contribution in [0.4, 0.5) is 11.4 Å². The molecule has 2 rings (SSSR count). The van der Waals surface area contributed by atoms with Crippen molar-refractivity contribution in [2.45, 2.75) is 12.6 Å². The Hall–Kier alpha value is -2.45. The largest absolute Gasteiger partial charge is 0.392 e. The van der Waals surface area contributed by atoms with Gasteiger partial charge in [0.25, 0.3) is 5.69 Å². The maximum atomic E-state index is 11.2. The Balaban J connectivity index is 2.22. The van der Waals surface area contributed by atoms with Crippen molar-refractivity contribution >= 4 is 11.4 Å². The van der Waals surface area contributed by atoms with Gasteiger partial charge >= 0.3 is 0 Å². The lowest BCUT2D eigenvalue weighted by Gasteiger charge is -2.24. The Morgan fingerprint density at radius 2 is 2.22 bits per heavy atom. The topological polar surface area (TPSA) is 96.5 Å². The monoisotopic (exact) mass is 319 g/mol. The molecule has 1 atom stereocenters. The molecule has 0 saturated carbocycles. The van der Waals surface area contributed by atoms with Crippen LogP contribution in [0.5, 0.6) is 0 Å². The Morgan fingerprint density at radius 3 is 2.74 bits per heavy atom. The molecule has 2 N–H and O–H groups in total. The molecule has 0 bridgehead atoms. The van der Waals surface area contributed by atoms with Crippen molar-refractivity contribution in [1.29, 1.82) is 0 Å². The van der Waals surface area contributed by atoms with Crippen LogP contribution in [-0.4, -0.2) is 45.4 Å². The van der Waals surface area contributed by atoms with Crippen LogP contribution in [0.1, 0.15) is 17.2 Å². The van der Waals surface area contributed by atoms with Gasteiger partial charge in [-0.3, -0.25) is 14.8 Å². The van der Waals surface area contributed by atoms with E-state index < -0.39 is 4.92 Å². The predicted octanol–water partition coefficient (Wildman–Crippen LogP) is 1.54. The van der Waals surface area contributed by atoms with E-state index in [9.17, 15) is 15.2 Å². The van der Waals surface area contributed by atoms with Gasteiger partial charge in [0.2, 0.25) is 0 Å². The second-order valence-corrected chi connectivity index (χ2v) is 5.57. The molecule has 8 heteroatoms. The van der Waals surface area contributed by atoms with Crippen molar-refractivity contribution in [3.05, 3.63) is 51.8 Å². The zero-order chi connectivity index (χ0) is 17.0. The number of nitro benzene ring substituents is 1. The fourth-order valence-electron chi connectivity index (χ4n) is 2.40. The van der Waals surface area contributed by atoms with Gasteiger partial charge in [0.1, 0.15) is 5.69 Å². The Labute approximate surface area is 134 Å². The number of benzene rings is 1. The number of hydrogen-bond donors (Lipinski definition) is 2. The second kappa shape index (κ2) is 7.21. The van der Waals surface area contributed by atoms with E-state index in [1.165, 1.54) is 6.07 Å². The molecule has 23 heavy (non-hydrogen) atoms. The molecule has 0 amide bonds. The molecule has 8 nitrogen and oxygen atoms in total. The molecule has 0 radical (unpaired) electrons. The van der Waals surface area contributed by atoms with Gasteiger partial charge in [0.15, 0.2) is 0 Å². The quantitative estimate of drug-likeness (QED) is 0.593. The number of aromatic nitrogens is 2. The summed E-state index contributed by atoms with van der Waals surface area (Å²) in [6, 6.07) is 4.57. The molecule has 0 fully saturated rings. The van der Waals surface area contributed by atoms with Crippen LogP contribution in [0.25, 0.3) is 0 Å². The summed E-state index contributed by atoms with van der Waals surface area (Å²) in [5, 5.41) is 27.7. The van der Waals surface area contributed by atoms with Crippen molar-refractivity contribution in [3.8, 4) is 0 Å². The van der Waals surface area contributed by atoms with Crippen molar-refractivity contribution in [3.63, 3.8) is 0 Å². The molecule has 1 unspecified atom stereocenters. The molecule has 0 aliphatic heterocycles. The van der Waals surface area contributed by atoms with E-state index in [4.69, 9.17) is 0 Å². The average molecular weight is 319 g/mol. The molecule has 2 aromatic rings. The Bertz CT molecular complexity index is 684. The summed E-state index contributed by atoms with van der Waals surface area (Å²) in [6.07, 6.45) is 3.70. The maximum Gasteiger partial charge on any atom is 0.292 e. The van der Waals surface area contributed by atoms with Crippen LogP contribution < -0.4 is 5.32 Å². The molecule has 0 aliphatic rings. The van der Waals surface area contributed by atoms with Crippen molar-refractivity contribution in [1.82, 2.24) is 14.7 Å². The number of anilines is 1. The lowest BCUT2D eigenvalue weighted by molar-refractivity contribution is -0.384. The van der Waals surface area contributed by atoms with Crippen LogP contribution in [0.15, 0.2) is 30.6 Å². The zero-order valence-corrected chi connectivity index (χ0v) is 13.4. The number of aliphatic hydroxyl groups is 1. The van der Waals surface area contributed by atoms with Crippen molar-refractivity contribution in [2.24, 2.45) is 7.05 Å². The maximum absolute atomic E-state index is 11.2. The van der Waals surface area contributed by atoms with Gasteiger partial charge in [-0.05, 0) is 31.8 Å². The number of rotatable bonds is 7. The van der Waals surface area contributed by atoms with E-state index in [-0.39, 0.29) is 18.3 Å². The second-order valence-electron chi connectivity index (χ2n) is 5.57. The van der Waals surface area contributed by atoms with Gasteiger partial charge in [0, 0.05) is 31.4 Å². The molecule has 0 spiro atoms. The number of hydrogen-bond acceptors (Lipinski definition) is 6. The van der Waals surface area contributed by atoms with Gasteiger partial charge in [-0.2, -0.15) is 5.10 Å². The SMILES string of the molecule is CN(C)C(CNc1cc(CO)ccc1[N+](=O)[O-])c1cnn(C)c1. The number of aliphatic hydroxyl groups excluding tert-OH is 1. The van der Waals surface area contributed by atoms with Gasteiger partial charge < -0.3 is 15.3 Å². The van der Waals surface area contributed by atoms with Crippen LogP contribution in [-0.2, 0) is 13.7 Å². The van der Waals surface area contributed by atoms with Gasteiger partial charge in [-0.15, -0.1) is 0 Å². The van der Waals surface area contributed by atoms with E-state index in [1.807, 2.05) is 32.2 Å². The summed E-state index contributed by atoms with van der Waals surface area (Å²) >= 11 is 0. The van der Waals surface area contributed by atoms with Crippen molar-refractivity contribution < 1.29 is 10.0 Å². The molecule has 1 heterocycles. The minimum Gasteiger partial charge on any atom is -0.392 e. The minimum absolute atomic E-state index is 0.00843. The zero-order valence-electron chi connectivity index (χ0n) is 13.4. The lowest BCUT2D eigenvalue weighted by Crippen LogP contribution is -2.26. The summed E-state index contributed by atoms with van der Waals surface area (Å²) in [5.41, 5.74) is 2.04. The fraction of sp³-hybridized carbons (Fsp3) is 0.400. The number of aryl methyl sites for hydroxylation is 1. The Morgan fingerprint density at radius 1 is 1.48 bits per heavy atom. The molecule has 0 saturated heterocycles. The minimum atomic E-state index is -0.432. The highest BCUT2D eigenvalue weighted by atomic mass is 16.6. The molecular weight excluding hydrogens is 298 g/mol. The van der Waals surface area contributed by atoms with E-state index >= 15 is 0 Å². The third-order valence-electron chi connectivity index (χ3n) is 3.66. The average Bonchev–Trinajstić information content (AvgIpc) is 2.93. The van der Waals surface area contributed by atoms with Gasteiger partial charge in [0.05, 0.1) is 23.8 Å². The summed E-state index contributed by atoms with van der Waals surface area (Å²) in [6.45, 7) is 0.320. The number of likely N-dealkylation sites (N-methyl/N-ethyl adjacent to an activating group) is 1. The number of nitrogens with one attached hydrogen (secondary N) is 1. The summed E-state index contributed by atoms with van der Waals surface area (Å²) < 4.78 is 1.72. The van der Waals surface area contributed by atoms with Gasteiger partial charge in [-0.1, -0.05) is 0 Å². The first-order valence-corrected chi connectivity index (χ1v) is 7.19. The van der Waals surface area contributed by atoms with Gasteiger partial charge in [-0.25, -0.2) is 0 Å². The molecule has 0 aliphatic carbocycles. The predicted molar refractivity (Wildman–Crippen MR) is 87.1 cm³/mol. The van der Waals surface area contributed by atoms with E-state index in [0.29, 0.717) is 17.8 Å². The van der Waals surface area contributed by atoms with E-state index in [1.54, 1.807) is 23.0 Å². The summed E-state index contributed by atoms with van der Waals surface area (Å²) in [4.78, 5) is 12.7. The molecular formula is C15H21N5O3. The van der Waals surface area contributed by atoms with Crippen molar-refractivity contribution in [2.75, 3.05) is 26.0 Å². The molecule has 124 valence electrons. The normalized spacial score (nSPS) is 12.4. The number of nitro groups is 1. The van der Waals surface area contributed by atoms with Crippen LogP contribution in [0.2, 0.25) is 0 Å². The van der Waals surface area contributed by atoms with Crippen LogP contribution >= 0.6 is 0 Å². The standard InChI is InChI=1S/C15H21N5O3/c1-18(2)15(12-7-17-19(3)9-12)8-16-13-6-11(10-21)4-5-14(13)20(22)23/h4-7,9,15-16,21H,8,10H2,1-3H3. The summed E-state index contributed by atoms with van der Waals surface area (Å²) in [7, 11) is 5.73. The van der Waals surface area contributed by atoms with Crippen LogP contribution in [0, 0.1) is 10.1 Å². The highest BCUT2D eigenvalue weighted by Crippen LogP contribution is 2.27. The third-order valence-corrected chi connectivity index (χ3v) is 3.66. The third kappa shape index (κ3) is 4.05. The Kier molecular flexibility index (Phi) is 5.30. The molecule has 1 aromatic carbocycles. The highest BCUT2D eigenvalue weighted by molar-refractivity contribution is 5.62. The number of nitrogens with zero attached hydrogens (tertiary/aromatic N) is 4.